The number of allylic oxidation sites excluding steroid dienone is 1. The SMILES string of the molecule is CCn1c(Cl)c(C(=O)/C=C/c2ccc(C#N)cc2)c2ccccc21. The van der Waals surface area contributed by atoms with Crippen molar-refractivity contribution in [3.05, 3.63) is 76.5 Å². The normalized spacial score (nSPS) is 11.0. The predicted molar refractivity (Wildman–Crippen MR) is 97.1 cm³/mol. The van der Waals surface area contributed by atoms with Gasteiger partial charge in [-0.2, -0.15) is 5.26 Å². The van der Waals surface area contributed by atoms with Crippen LogP contribution in [0.25, 0.3) is 17.0 Å². The molecule has 0 spiro atoms. The Bertz CT molecular complexity index is 975. The molecule has 0 amide bonds. The Morgan fingerprint density at radius 1 is 1.21 bits per heavy atom. The van der Waals surface area contributed by atoms with E-state index >= 15 is 0 Å². The van der Waals surface area contributed by atoms with Gasteiger partial charge in [-0.3, -0.25) is 4.79 Å². The number of benzene rings is 2. The van der Waals surface area contributed by atoms with Crippen molar-refractivity contribution in [1.82, 2.24) is 4.57 Å². The van der Waals surface area contributed by atoms with Gasteiger partial charge in [-0.1, -0.05) is 48.0 Å². The van der Waals surface area contributed by atoms with E-state index in [1.165, 1.54) is 6.08 Å². The molecule has 3 aromatic rings. The molecule has 3 rings (SSSR count). The summed E-state index contributed by atoms with van der Waals surface area (Å²) < 4.78 is 1.93. The fourth-order valence-electron chi connectivity index (χ4n) is 2.74. The van der Waals surface area contributed by atoms with E-state index in [2.05, 4.69) is 6.07 Å². The van der Waals surface area contributed by atoms with Crippen LogP contribution in [0.5, 0.6) is 0 Å². The number of ketones is 1. The number of aromatic nitrogens is 1. The molecule has 3 nitrogen and oxygen atoms in total. The maximum atomic E-state index is 12.7. The molecule has 1 aromatic heterocycles. The van der Waals surface area contributed by atoms with Crippen molar-refractivity contribution in [2.45, 2.75) is 13.5 Å². The van der Waals surface area contributed by atoms with Gasteiger partial charge in [-0.05, 0) is 36.8 Å². The molecule has 0 bridgehead atoms. The Balaban J connectivity index is 1.98. The summed E-state index contributed by atoms with van der Waals surface area (Å²) in [4.78, 5) is 12.7. The van der Waals surface area contributed by atoms with E-state index in [9.17, 15) is 4.79 Å². The Hall–Kier alpha value is -2.83. The number of halogens is 1. The highest BCUT2D eigenvalue weighted by Crippen LogP contribution is 2.30. The molecule has 0 saturated carbocycles. The minimum atomic E-state index is -0.132. The van der Waals surface area contributed by atoms with Crippen molar-refractivity contribution >= 4 is 34.4 Å². The van der Waals surface area contributed by atoms with Crippen molar-refractivity contribution in [2.75, 3.05) is 0 Å². The summed E-state index contributed by atoms with van der Waals surface area (Å²) >= 11 is 6.44. The maximum Gasteiger partial charge on any atom is 0.189 e. The molecule has 0 atom stereocenters. The lowest BCUT2D eigenvalue weighted by atomic mass is 10.1. The van der Waals surface area contributed by atoms with Crippen LogP contribution in [0.2, 0.25) is 5.15 Å². The summed E-state index contributed by atoms with van der Waals surface area (Å²) in [6.45, 7) is 2.70. The van der Waals surface area contributed by atoms with Crippen LogP contribution in [-0.2, 0) is 6.54 Å². The third-order valence-electron chi connectivity index (χ3n) is 3.94. The number of fused-ring (bicyclic) bond motifs is 1. The Labute approximate surface area is 145 Å². The molecular formula is C20H15ClN2O. The van der Waals surface area contributed by atoms with Crippen LogP contribution in [0, 0.1) is 11.3 Å². The smallest absolute Gasteiger partial charge is 0.189 e. The first-order chi connectivity index (χ1) is 11.7. The number of nitrogens with zero attached hydrogens (tertiary/aromatic N) is 2. The van der Waals surface area contributed by atoms with Gasteiger partial charge in [0.2, 0.25) is 0 Å². The number of hydrogen-bond acceptors (Lipinski definition) is 2. The van der Waals surface area contributed by atoms with Crippen LogP contribution in [0.15, 0.2) is 54.6 Å². The molecule has 0 unspecified atom stereocenters. The van der Waals surface area contributed by atoms with Gasteiger partial charge in [0.15, 0.2) is 5.78 Å². The van der Waals surface area contributed by atoms with Gasteiger partial charge in [-0.25, -0.2) is 0 Å². The molecule has 118 valence electrons. The fourth-order valence-corrected chi connectivity index (χ4v) is 3.15. The second-order valence-electron chi connectivity index (χ2n) is 5.36. The van der Waals surface area contributed by atoms with Gasteiger partial charge in [0.1, 0.15) is 5.15 Å². The second kappa shape index (κ2) is 6.74. The molecule has 0 fully saturated rings. The van der Waals surface area contributed by atoms with E-state index < -0.39 is 0 Å². The average Bonchev–Trinajstić information content (AvgIpc) is 2.91. The minimum Gasteiger partial charge on any atom is -0.331 e. The standard InChI is InChI=1S/C20H15ClN2O/c1-2-23-17-6-4-3-5-16(17)19(20(23)21)18(24)12-11-14-7-9-15(13-22)10-8-14/h3-12H,2H2,1H3/b12-11+. The maximum absolute atomic E-state index is 12.7. The summed E-state index contributed by atoms with van der Waals surface area (Å²) in [6.07, 6.45) is 3.26. The summed E-state index contributed by atoms with van der Waals surface area (Å²) in [6, 6.07) is 16.8. The molecule has 0 aliphatic heterocycles. The molecular weight excluding hydrogens is 320 g/mol. The minimum absolute atomic E-state index is 0.132. The predicted octanol–water partition coefficient (Wildman–Crippen LogP) is 5.08. The topological polar surface area (TPSA) is 45.8 Å². The van der Waals surface area contributed by atoms with Crippen molar-refractivity contribution in [3.8, 4) is 6.07 Å². The Kier molecular flexibility index (Phi) is 4.50. The highest BCUT2D eigenvalue weighted by molar-refractivity contribution is 6.36. The lowest BCUT2D eigenvalue weighted by molar-refractivity contribution is 0.104. The van der Waals surface area contributed by atoms with Crippen LogP contribution >= 0.6 is 11.6 Å². The van der Waals surface area contributed by atoms with E-state index in [0.717, 1.165) is 16.5 Å². The monoisotopic (exact) mass is 334 g/mol. The van der Waals surface area contributed by atoms with E-state index in [4.69, 9.17) is 16.9 Å². The third kappa shape index (κ3) is 2.84. The van der Waals surface area contributed by atoms with Crippen molar-refractivity contribution in [3.63, 3.8) is 0 Å². The molecule has 0 aliphatic carbocycles. The van der Waals surface area contributed by atoms with Crippen molar-refractivity contribution in [2.24, 2.45) is 0 Å². The number of aryl methyl sites for hydroxylation is 1. The molecule has 24 heavy (non-hydrogen) atoms. The lowest BCUT2D eigenvalue weighted by Gasteiger charge is -2.01. The zero-order chi connectivity index (χ0) is 17.1. The molecule has 0 aliphatic rings. The number of para-hydroxylation sites is 1. The fraction of sp³-hybridized carbons (Fsp3) is 0.100. The summed E-state index contributed by atoms with van der Waals surface area (Å²) in [7, 11) is 0. The number of rotatable bonds is 4. The summed E-state index contributed by atoms with van der Waals surface area (Å²) in [5.74, 6) is -0.132. The number of hydrogen-bond donors (Lipinski definition) is 0. The third-order valence-corrected chi connectivity index (χ3v) is 4.33. The van der Waals surface area contributed by atoms with Crippen LogP contribution < -0.4 is 0 Å². The van der Waals surface area contributed by atoms with Gasteiger partial charge in [0, 0.05) is 17.4 Å². The zero-order valence-corrected chi connectivity index (χ0v) is 13.9. The highest BCUT2D eigenvalue weighted by Gasteiger charge is 2.18. The van der Waals surface area contributed by atoms with Gasteiger partial charge in [0.25, 0.3) is 0 Å². The van der Waals surface area contributed by atoms with Gasteiger partial charge >= 0.3 is 0 Å². The first-order valence-electron chi connectivity index (χ1n) is 7.65. The van der Waals surface area contributed by atoms with Crippen molar-refractivity contribution in [1.29, 1.82) is 5.26 Å². The van der Waals surface area contributed by atoms with Crippen LogP contribution in [0.3, 0.4) is 0 Å². The second-order valence-corrected chi connectivity index (χ2v) is 5.72. The number of carbonyl (C=O) groups excluding carboxylic acids is 1. The van der Waals surface area contributed by atoms with E-state index in [1.54, 1.807) is 30.3 Å². The van der Waals surface area contributed by atoms with E-state index in [-0.39, 0.29) is 5.78 Å². The molecule has 4 heteroatoms. The first-order valence-corrected chi connectivity index (χ1v) is 8.02. The number of carbonyl (C=O) groups is 1. The molecule has 0 saturated heterocycles. The average molecular weight is 335 g/mol. The quantitative estimate of drug-likeness (QED) is 0.493. The Morgan fingerprint density at radius 2 is 1.92 bits per heavy atom. The van der Waals surface area contributed by atoms with Crippen LogP contribution in [-0.4, -0.2) is 10.4 Å². The van der Waals surface area contributed by atoms with E-state index in [0.29, 0.717) is 22.8 Å². The molecule has 2 aromatic carbocycles. The summed E-state index contributed by atoms with van der Waals surface area (Å²) in [5, 5.41) is 10.1. The van der Waals surface area contributed by atoms with Gasteiger partial charge < -0.3 is 4.57 Å². The lowest BCUT2D eigenvalue weighted by Crippen LogP contribution is -1.97. The Morgan fingerprint density at radius 3 is 2.58 bits per heavy atom. The molecule has 0 radical (unpaired) electrons. The summed E-state index contributed by atoms with van der Waals surface area (Å²) in [5.41, 5.74) is 2.93. The molecule has 0 N–H and O–H groups in total. The molecule has 1 heterocycles. The van der Waals surface area contributed by atoms with Crippen LogP contribution in [0.4, 0.5) is 0 Å². The largest absolute Gasteiger partial charge is 0.331 e. The first kappa shape index (κ1) is 16.0. The number of nitriles is 1. The van der Waals surface area contributed by atoms with E-state index in [1.807, 2.05) is 35.8 Å². The van der Waals surface area contributed by atoms with Gasteiger partial charge in [0.05, 0.1) is 17.2 Å². The zero-order valence-electron chi connectivity index (χ0n) is 13.2. The highest BCUT2D eigenvalue weighted by atomic mass is 35.5. The van der Waals surface area contributed by atoms with Crippen molar-refractivity contribution < 1.29 is 4.79 Å². The van der Waals surface area contributed by atoms with Crippen LogP contribution in [0.1, 0.15) is 28.4 Å². The van der Waals surface area contributed by atoms with Gasteiger partial charge in [-0.15, -0.1) is 0 Å².